The van der Waals surface area contributed by atoms with Crippen molar-refractivity contribution in [1.29, 1.82) is 0 Å². The van der Waals surface area contributed by atoms with Crippen LogP contribution in [0.3, 0.4) is 0 Å². The van der Waals surface area contributed by atoms with Crippen LogP contribution in [0.5, 0.6) is 0 Å². The molecule has 2 aliphatic rings. The first kappa shape index (κ1) is 15.0. The number of aromatic nitrogens is 2. The largest absolute Gasteiger partial charge is 0.401 e. The summed E-state index contributed by atoms with van der Waals surface area (Å²) in [6.45, 7) is 0. The number of fused-ring (bicyclic) bond motifs is 1. The Morgan fingerprint density at radius 3 is 2.79 bits per heavy atom. The van der Waals surface area contributed by atoms with Crippen LogP contribution in [0.15, 0.2) is 41.3 Å². The van der Waals surface area contributed by atoms with E-state index in [1.165, 1.54) is 0 Å². The number of rotatable bonds is 5. The molecule has 2 aromatic heterocycles. The molecule has 2 aromatic rings. The lowest BCUT2D eigenvalue weighted by Crippen LogP contribution is -2.28. The highest BCUT2D eigenvalue weighted by Crippen LogP contribution is 2.38. The number of nitrogens with zero attached hydrogens (tertiary/aromatic N) is 3. The Labute approximate surface area is 140 Å². The summed E-state index contributed by atoms with van der Waals surface area (Å²) in [6, 6.07) is 6.11. The monoisotopic (exact) mass is 320 g/mol. The Morgan fingerprint density at radius 1 is 1.21 bits per heavy atom. The van der Waals surface area contributed by atoms with Crippen LogP contribution >= 0.6 is 0 Å². The molecule has 2 saturated carbocycles. The molecule has 2 N–H and O–H groups in total. The van der Waals surface area contributed by atoms with Gasteiger partial charge in [-0.15, -0.1) is 0 Å². The maximum atomic E-state index is 10.7. The molecular formula is C19H20N4O. The molecule has 0 radical (unpaired) electrons. The van der Waals surface area contributed by atoms with Gasteiger partial charge in [-0.25, -0.2) is 0 Å². The van der Waals surface area contributed by atoms with Gasteiger partial charge in [-0.05, 0) is 43.7 Å². The van der Waals surface area contributed by atoms with E-state index >= 15 is 0 Å². The van der Waals surface area contributed by atoms with Crippen molar-refractivity contribution in [2.75, 3.05) is 0 Å². The Kier molecular flexibility index (Phi) is 3.84. The minimum atomic E-state index is 0.165. The Morgan fingerprint density at radius 2 is 2.04 bits per heavy atom. The maximum Gasteiger partial charge on any atom is 0.123 e. The summed E-state index contributed by atoms with van der Waals surface area (Å²) in [5, 5.41) is 1.04. The van der Waals surface area contributed by atoms with Crippen molar-refractivity contribution in [3.05, 3.63) is 42.0 Å². The SMILES string of the molecule is NC(=C(C=NC1CC(C=O)C1)c1nccc2cccnc12)C1CC1. The van der Waals surface area contributed by atoms with Gasteiger partial charge in [-0.3, -0.25) is 15.0 Å². The fraction of sp³-hybridized carbons (Fsp3) is 0.368. The molecule has 0 aromatic carbocycles. The van der Waals surface area contributed by atoms with Crippen LogP contribution in [0, 0.1) is 11.8 Å². The standard InChI is InChI=1S/C19H20N4O/c20-17(13-3-4-13)16(10-23-15-8-12(9-15)11-24)19-18-14(5-7-22-19)2-1-6-21-18/h1-2,5-7,10-13,15H,3-4,8-9,20H2. The fourth-order valence-electron chi connectivity index (χ4n) is 3.13. The van der Waals surface area contributed by atoms with E-state index in [1.807, 2.05) is 24.4 Å². The summed E-state index contributed by atoms with van der Waals surface area (Å²) in [7, 11) is 0. The van der Waals surface area contributed by atoms with Crippen molar-refractivity contribution in [3.63, 3.8) is 0 Å². The summed E-state index contributed by atoms with van der Waals surface area (Å²) in [5.41, 5.74) is 9.80. The molecule has 0 bridgehead atoms. The third kappa shape index (κ3) is 2.82. The first-order valence-electron chi connectivity index (χ1n) is 8.44. The minimum absolute atomic E-state index is 0.165. The summed E-state index contributed by atoms with van der Waals surface area (Å²) in [6.07, 6.45) is 10.4. The number of aldehydes is 1. The molecule has 4 rings (SSSR count). The van der Waals surface area contributed by atoms with Crippen LogP contribution < -0.4 is 5.73 Å². The zero-order chi connectivity index (χ0) is 16.5. The Bertz CT molecular complexity index is 827. The predicted molar refractivity (Wildman–Crippen MR) is 94.4 cm³/mol. The van der Waals surface area contributed by atoms with Crippen molar-refractivity contribution in [2.24, 2.45) is 22.6 Å². The van der Waals surface area contributed by atoms with Gasteiger partial charge in [0.1, 0.15) is 6.29 Å². The molecule has 0 saturated heterocycles. The van der Waals surface area contributed by atoms with Crippen molar-refractivity contribution >= 4 is 29.0 Å². The molecule has 2 aliphatic carbocycles. The molecule has 0 unspecified atom stereocenters. The van der Waals surface area contributed by atoms with Crippen LogP contribution in [0.25, 0.3) is 16.5 Å². The summed E-state index contributed by atoms with van der Waals surface area (Å²) < 4.78 is 0. The highest BCUT2D eigenvalue weighted by Gasteiger charge is 2.30. The average molecular weight is 320 g/mol. The van der Waals surface area contributed by atoms with Crippen LogP contribution in [0.4, 0.5) is 0 Å². The molecule has 0 atom stereocenters. The number of nitrogens with two attached hydrogens (primary N) is 1. The van der Waals surface area contributed by atoms with Crippen molar-refractivity contribution in [1.82, 2.24) is 9.97 Å². The normalized spacial score (nSPS) is 24.7. The van der Waals surface area contributed by atoms with Gasteiger partial charge in [0.25, 0.3) is 0 Å². The van der Waals surface area contributed by atoms with Crippen molar-refractivity contribution in [2.45, 2.75) is 31.7 Å². The highest BCUT2D eigenvalue weighted by molar-refractivity contribution is 6.14. The van der Waals surface area contributed by atoms with E-state index in [1.54, 1.807) is 12.4 Å². The first-order valence-corrected chi connectivity index (χ1v) is 8.44. The zero-order valence-corrected chi connectivity index (χ0v) is 13.4. The molecule has 5 nitrogen and oxygen atoms in total. The van der Waals surface area contributed by atoms with Crippen molar-refractivity contribution < 1.29 is 4.79 Å². The first-order chi connectivity index (χ1) is 11.8. The molecule has 2 fully saturated rings. The summed E-state index contributed by atoms with van der Waals surface area (Å²) in [4.78, 5) is 24.4. The molecule has 24 heavy (non-hydrogen) atoms. The van der Waals surface area contributed by atoms with Crippen LogP contribution in [-0.4, -0.2) is 28.5 Å². The number of allylic oxidation sites excluding steroid dienone is 2. The second-order valence-electron chi connectivity index (χ2n) is 6.68. The van der Waals surface area contributed by atoms with Gasteiger partial charge in [0.05, 0.1) is 17.3 Å². The van der Waals surface area contributed by atoms with Crippen LogP contribution in [0.2, 0.25) is 0 Å². The van der Waals surface area contributed by atoms with Crippen LogP contribution in [-0.2, 0) is 4.79 Å². The number of hydrogen-bond donors (Lipinski definition) is 1. The number of carbonyl (C=O) groups excluding carboxylic acids is 1. The highest BCUT2D eigenvalue weighted by atomic mass is 16.1. The third-order valence-electron chi connectivity index (χ3n) is 4.86. The quantitative estimate of drug-likeness (QED) is 0.678. The van der Waals surface area contributed by atoms with E-state index in [0.29, 0.717) is 5.92 Å². The number of carbonyl (C=O) groups is 1. The molecule has 0 spiro atoms. The van der Waals surface area contributed by atoms with E-state index in [0.717, 1.165) is 59.8 Å². The molecule has 5 heteroatoms. The molecule has 0 aliphatic heterocycles. The van der Waals surface area contributed by atoms with Gasteiger partial charge in [0.15, 0.2) is 0 Å². The van der Waals surface area contributed by atoms with Gasteiger partial charge < -0.3 is 10.5 Å². The zero-order valence-electron chi connectivity index (χ0n) is 13.4. The predicted octanol–water partition coefficient (Wildman–Crippen LogP) is 2.76. The van der Waals surface area contributed by atoms with Gasteiger partial charge in [0.2, 0.25) is 0 Å². The van der Waals surface area contributed by atoms with Gasteiger partial charge in [0, 0.05) is 41.2 Å². The van der Waals surface area contributed by atoms with E-state index in [4.69, 9.17) is 5.73 Å². The lowest BCUT2D eigenvalue weighted by Gasteiger charge is -2.27. The van der Waals surface area contributed by atoms with Gasteiger partial charge in [-0.1, -0.05) is 6.07 Å². The molecular weight excluding hydrogens is 300 g/mol. The lowest BCUT2D eigenvalue weighted by atomic mass is 9.82. The van der Waals surface area contributed by atoms with Gasteiger partial charge in [-0.2, -0.15) is 0 Å². The summed E-state index contributed by atoms with van der Waals surface area (Å²) >= 11 is 0. The lowest BCUT2D eigenvalue weighted by molar-refractivity contribution is -0.113. The second-order valence-corrected chi connectivity index (χ2v) is 6.68. The topological polar surface area (TPSA) is 81.2 Å². The second kappa shape index (κ2) is 6.15. The van der Waals surface area contributed by atoms with E-state index in [-0.39, 0.29) is 12.0 Å². The Hall–Kier alpha value is -2.56. The summed E-state index contributed by atoms with van der Waals surface area (Å²) in [5.74, 6) is 0.592. The van der Waals surface area contributed by atoms with Crippen LogP contribution in [0.1, 0.15) is 31.4 Å². The third-order valence-corrected chi connectivity index (χ3v) is 4.86. The number of pyridine rings is 2. The van der Waals surface area contributed by atoms with Crippen molar-refractivity contribution in [3.8, 4) is 0 Å². The molecule has 2 heterocycles. The molecule has 122 valence electrons. The number of hydrogen-bond acceptors (Lipinski definition) is 5. The van der Waals surface area contributed by atoms with E-state index in [2.05, 4.69) is 15.0 Å². The van der Waals surface area contributed by atoms with Gasteiger partial charge >= 0.3 is 0 Å². The number of aliphatic imine (C=N–C) groups is 1. The fourth-order valence-corrected chi connectivity index (χ4v) is 3.13. The minimum Gasteiger partial charge on any atom is -0.401 e. The maximum absolute atomic E-state index is 10.7. The van der Waals surface area contributed by atoms with E-state index in [9.17, 15) is 4.79 Å². The average Bonchev–Trinajstić information content (AvgIpc) is 3.41. The van der Waals surface area contributed by atoms with E-state index < -0.39 is 0 Å². The smallest absolute Gasteiger partial charge is 0.123 e. The molecule has 0 amide bonds. The Balaban J connectivity index is 1.72.